The third kappa shape index (κ3) is 2.43. The van der Waals surface area contributed by atoms with E-state index in [2.05, 4.69) is 10.1 Å². The van der Waals surface area contributed by atoms with Gasteiger partial charge in [0.05, 0.1) is 25.9 Å². The molecule has 3 aromatic rings. The summed E-state index contributed by atoms with van der Waals surface area (Å²) in [6.07, 6.45) is 2.78. The van der Waals surface area contributed by atoms with E-state index in [1.807, 2.05) is 0 Å². The van der Waals surface area contributed by atoms with Crippen molar-refractivity contribution in [2.75, 3.05) is 6.61 Å². The van der Waals surface area contributed by atoms with Gasteiger partial charge in [0.1, 0.15) is 17.5 Å². The summed E-state index contributed by atoms with van der Waals surface area (Å²) >= 11 is 0. The number of rotatable bonds is 4. The van der Waals surface area contributed by atoms with Gasteiger partial charge in [-0.05, 0) is 6.07 Å². The number of aliphatic hydroxyl groups is 1. The first kappa shape index (κ1) is 13.4. The van der Waals surface area contributed by atoms with Gasteiger partial charge in [0.25, 0.3) is 5.56 Å². The molecule has 1 N–H and O–H groups in total. The zero-order chi connectivity index (χ0) is 14.8. The lowest BCUT2D eigenvalue weighted by Gasteiger charge is -2.06. The molecule has 0 radical (unpaired) electrons. The number of benzene rings is 1. The molecule has 0 atom stereocenters. The molecule has 0 aliphatic heterocycles. The van der Waals surface area contributed by atoms with Crippen LogP contribution in [0.5, 0.6) is 0 Å². The first-order chi connectivity index (χ1) is 10.2. The molecule has 0 saturated heterocycles. The summed E-state index contributed by atoms with van der Waals surface area (Å²) in [5, 5.41) is 13.3. The Labute approximate surface area is 119 Å². The van der Waals surface area contributed by atoms with Crippen molar-refractivity contribution in [3.63, 3.8) is 0 Å². The molecule has 0 unspecified atom stereocenters. The number of fused-ring (bicyclic) bond motifs is 1. The summed E-state index contributed by atoms with van der Waals surface area (Å²) < 4.78 is 16.4. The van der Waals surface area contributed by atoms with Crippen molar-refractivity contribution in [1.82, 2.24) is 19.3 Å². The van der Waals surface area contributed by atoms with Crippen LogP contribution in [0, 0.1) is 5.82 Å². The van der Waals surface area contributed by atoms with E-state index in [-0.39, 0.29) is 31.1 Å². The summed E-state index contributed by atoms with van der Waals surface area (Å²) in [6, 6.07) is 6.30. The van der Waals surface area contributed by atoms with Gasteiger partial charge < -0.3 is 5.11 Å². The van der Waals surface area contributed by atoms with E-state index in [0.717, 1.165) is 0 Å². The van der Waals surface area contributed by atoms with Gasteiger partial charge in [0.2, 0.25) is 0 Å². The molecule has 0 bridgehead atoms. The van der Waals surface area contributed by atoms with E-state index in [9.17, 15) is 9.18 Å². The Morgan fingerprint density at radius 2 is 2.10 bits per heavy atom. The van der Waals surface area contributed by atoms with Gasteiger partial charge in [-0.25, -0.2) is 14.1 Å². The molecule has 2 heterocycles. The number of hydrogen-bond acceptors (Lipinski definition) is 4. The molecule has 0 aliphatic rings. The van der Waals surface area contributed by atoms with Crippen LogP contribution in [0.1, 0.15) is 5.56 Å². The molecule has 0 amide bonds. The molecule has 7 heteroatoms. The topological polar surface area (TPSA) is 72.9 Å². The van der Waals surface area contributed by atoms with Crippen LogP contribution in [0.2, 0.25) is 0 Å². The zero-order valence-electron chi connectivity index (χ0n) is 11.1. The van der Waals surface area contributed by atoms with Gasteiger partial charge in [-0.1, -0.05) is 18.2 Å². The number of aromatic nitrogens is 4. The van der Waals surface area contributed by atoms with Gasteiger partial charge >= 0.3 is 0 Å². The Bertz CT molecular complexity index is 840. The minimum absolute atomic E-state index is 0.0865. The second kappa shape index (κ2) is 5.45. The highest BCUT2D eigenvalue weighted by Crippen LogP contribution is 2.09. The van der Waals surface area contributed by atoms with Gasteiger partial charge in [-0.15, -0.1) is 0 Å². The Balaban J connectivity index is 2.03. The van der Waals surface area contributed by atoms with Gasteiger partial charge in [0.15, 0.2) is 5.65 Å². The maximum absolute atomic E-state index is 13.6. The fraction of sp³-hybridized carbons (Fsp3) is 0.214. The van der Waals surface area contributed by atoms with Crippen molar-refractivity contribution >= 4 is 11.0 Å². The van der Waals surface area contributed by atoms with Crippen molar-refractivity contribution in [3.05, 3.63) is 58.5 Å². The van der Waals surface area contributed by atoms with Crippen LogP contribution in [0.4, 0.5) is 4.39 Å². The number of hydrogen-bond donors (Lipinski definition) is 1. The molecule has 21 heavy (non-hydrogen) atoms. The quantitative estimate of drug-likeness (QED) is 0.769. The summed E-state index contributed by atoms with van der Waals surface area (Å²) in [4.78, 5) is 16.5. The van der Waals surface area contributed by atoms with E-state index in [4.69, 9.17) is 5.11 Å². The van der Waals surface area contributed by atoms with Crippen LogP contribution in [0.3, 0.4) is 0 Å². The molecular weight excluding hydrogens is 275 g/mol. The lowest BCUT2D eigenvalue weighted by atomic mass is 10.2. The highest BCUT2D eigenvalue weighted by molar-refractivity contribution is 5.72. The fourth-order valence-electron chi connectivity index (χ4n) is 2.18. The van der Waals surface area contributed by atoms with Crippen LogP contribution < -0.4 is 5.56 Å². The first-order valence-corrected chi connectivity index (χ1v) is 6.46. The average molecular weight is 288 g/mol. The zero-order valence-corrected chi connectivity index (χ0v) is 11.1. The SMILES string of the molecule is O=c1c2cnn(CCO)c2ncn1Cc1ccccc1F. The van der Waals surface area contributed by atoms with Crippen LogP contribution in [-0.4, -0.2) is 31.0 Å². The van der Waals surface area contributed by atoms with Crippen molar-refractivity contribution < 1.29 is 9.50 Å². The average Bonchev–Trinajstić information content (AvgIpc) is 2.89. The van der Waals surface area contributed by atoms with Gasteiger partial charge in [0, 0.05) is 5.56 Å². The standard InChI is InChI=1S/C14H13FN4O2/c15-12-4-2-1-3-10(12)8-18-9-16-13-11(14(18)21)7-17-19(13)5-6-20/h1-4,7,9,20H,5-6,8H2. The van der Waals surface area contributed by atoms with E-state index in [0.29, 0.717) is 16.6 Å². The maximum atomic E-state index is 13.6. The lowest BCUT2D eigenvalue weighted by molar-refractivity contribution is 0.271. The monoisotopic (exact) mass is 288 g/mol. The Hall–Kier alpha value is -2.54. The van der Waals surface area contributed by atoms with Crippen molar-refractivity contribution in [1.29, 1.82) is 0 Å². The van der Waals surface area contributed by atoms with Crippen LogP contribution in [0.15, 0.2) is 41.6 Å². The highest BCUT2D eigenvalue weighted by Gasteiger charge is 2.11. The van der Waals surface area contributed by atoms with Crippen molar-refractivity contribution in [2.24, 2.45) is 0 Å². The lowest BCUT2D eigenvalue weighted by Crippen LogP contribution is -2.21. The van der Waals surface area contributed by atoms with Gasteiger partial charge in [-0.2, -0.15) is 5.10 Å². The summed E-state index contributed by atoms with van der Waals surface area (Å²) in [5.41, 5.74) is 0.551. The number of nitrogens with zero attached hydrogens (tertiary/aromatic N) is 4. The Kier molecular flexibility index (Phi) is 3.49. The molecule has 3 rings (SSSR count). The molecule has 2 aromatic heterocycles. The van der Waals surface area contributed by atoms with E-state index in [1.165, 1.54) is 27.8 Å². The fourth-order valence-corrected chi connectivity index (χ4v) is 2.18. The van der Waals surface area contributed by atoms with E-state index < -0.39 is 0 Å². The van der Waals surface area contributed by atoms with Crippen LogP contribution >= 0.6 is 0 Å². The van der Waals surface area contributed by atoms with Crippen LogP contribution in [0.25, 0.3) is 11.0 Å². The van der Waals surface area contributed by atoms with E-state index >= 15 is 0 Å². The third-order valence-corrected chi connectivity index (χ3v) is 3.23. The normalized spacial score (nSPS) is 11.1. The van der Waals surface area contributed by atoms with Crippen molar-refractivity contribution in [2.45, 2.75) is 13.1 Å². The summed E-state index contributed by atoms with van der Waals surface area (Å²) in [7, 11) is 0. The minimum Gasteiger partial charge on any atom is -0.394 e. The minimum atomic E-state index is -0.361. The molecular formula is C14H13FN4O2. The third-order valence-electron chi connectivity index (χ3n) is 3.23. The molecule has 108 valence electrons. The highest BCUT2D eigenvalue weighted by atomic mass is 19.1. The predicted octanol–water partition coefficient (Wildman–Crippen LogP) is 0.773. The van der Waals surface area contributed by atoms with Crippen LogP contribution in [-0.2, 0) is 13.1 Å². The second-order valence-electron chi connectivity index (χ2n) is 4.60. The summed E-state index contributed by atoms with van der Waals surface area (Å²) in [6.45, 7) is 0.295. The molecule has 0 saturated carbocycles. The Morgan fingerprint density at radius 3 is 2.86 bits per heavy atom. The molecule has 6 nitrogen and oxygen atoms in total. The molecule has 0 spiro atoms. The largest absolute Gasteiger partial charge is 0.394 e. The predicted molar refractivity (Wildman–Crippen MR) is 74.4 cm³/mol. The first-order valence-electron chi connectivity index (χ1n) is 6.46. The maximum Gasteiger partial charge on any atom is 0.264 e. The second-order valence-corrected chi connectivity index (χ2v) is 4.60. The smallest absolute Gasteiger partial charge is 0.264 e. The number of aliphatic hydroxyl groups excluding tert-OH is 1. The molecule has 0 aliphatic carbocycles. The molecule has 1 aromatic carbocycles. The van der Waals surface area contributed by atoms with Gasteiger partial charge in [-0.3, -0.25) is 9.36 Å². The van der Waals surface area contributed by atoms with E-state index in [1.54, 1.807) is 18.2 Å². The summed E-state index contributed by atoms with van der Waals surface area (Å²) in [5.74, 6) is -0.361. The number of halogens is 1. The Morgan fingerprint density at radius 1 is 1.29 bits per heavy atom. The molecule has 0 fully saturated rings. The van der Waals surface area contributed by atoms with Crippen molar-refractivity contribution in [3.8, 4) is 0 Å².